The van der Waals surface area contributed by atoms with Crippen molar-refractivity contribution in [3.63, 3.8) is 0 Å². The summed E-state index contributed by atoms with van der Waals surface area (Å²) in [6, 6.07) is 1.59. The number of anilines is 1. The third-order valence-corrected chi connectivity index (χ3v) is 8.52. The minimum Gasteiger partial charge on any atom is -0.395 e. The van der Waals surface area contributed by atoms with E-state index in [9.17, 15) is 18.3 Å². The van der Waals surface area contributed by atoms with E-state index in [2.05, 4.69) is 10.5 Å². The first kappa shape index (κ1) is 22.6. The summed E-state index contributed by atoms with van der Waals surface area (Å²) < 4.78 is 28.8. The van der Waals surface area contributed by atoms with Crippen molar-refractivity contribution in [2.45, 2.75) is 82.6 Å². The molecule has 8 heteroatoms. The largest absolute Gasteiger partial charge is 0.395 e. The summed E-state index contributed by atoms with van der Waals surface area (Å²) in [7, 11) is -3.65. The van der Waals surface area contributed by atoms with Gasteiger partial charge in [0.1, 0.15) is 4.75 Å². The van der Waals surface area contributed by atoms with Crippen molar-refractivity contribution in [1.29, 1.82) is 0 Å². The molecule has 0 aromatic carbocycles. The van der Waals surface area contributed by atoms with Gasteiger partial charge in [-0.3, -0.25) is 10.1 Å². The fourth-order valence-corrected chi connectivity index (χ4v) is 5.00. The summed E-state index contributed by atoms with van der Waals surface area (Å²) in [5, 5.41) is 15.6. The molecule has 0 bridgehead atoms. The number of carbonyl (C=O) groups is 1. The van der Waals surface area contributed by atoms with Gasteiger partial charge in [-0.2, -0.15) is 0 Å². The summed E-state index contributed by atoms with van der Waals surface area (Å²) in [5.74, 6) is -0.549. The first-order valence-electron chi connectivity index (χ1n) is 8.73. The molecule has 1 aliphatic carbocycles. The Balaban J connectivity index is 0.00000338. The van der Waals surface area contributed by atoms with Crippen LogP contribution in [0, 0.1) is 0 Å². The number of aromatic nitrogens is 1. The predicted molar refractivity (Wildman–Crippen MR) is 102 cm³/mol. The molecule has 0 radical (unpaired) electrons. The molecule has 1 fully saturated rings. The van der Waals surface area contributed by atoms with Gasteiger partial charge in [0.05, 0.1) is 17.6 Å². The molecular formula is C18H32N2O5S. The fraction of sp³-hybridized carbons (Fsp3) is 0.778. The van der Waals surface area contributed by atoms with Gasteiger partial charge < -0.3 is 9.63 Å². The van der Waals surface area contributed by atoms with Gasteiger partial charge in [-0.05, 0) is 40.0 Å². The van der Waals surface area contributed by atoms with Crippen molar-refractivity contribution in [2.75, 3.05) is 11.9 Å². The predicted octanol–water partition coefficient (Wildman–Crippen LogP) is 3.05. The summed E-state index contributed by atoms with van der Waals surface area (Å²) in [5.41, 5.74) is 0.176. The number of nitrogens with one attached hydrogen (secondary N) is 1. The maximum atomic E-state index is 12.6. The number of aliphatic hydroxyl groups excluding tert-OH is 1. The molecular weight excluding hydrogens is 356 g/mol. The van der Waals surface area contributed by atoms with E-state index in [0.717, 1.165) is 25.7 Å². The molecule has 7 nitrogen and oxygen atoms in total. The number of carbonyl (C=O) groups excluding carboxylic acids is 1. The van der Waals surface area contributed by atoms with Crippen LogP contribution in [0.5, 0.6) is 0 Å². The van der Waals surface area contributed by atoms with Crippen LogP contribution in [0.3, 0.4) is 0 Å². The van der Waals surface area contributed by atoms with E-state index in [0.29, 0.717) is 12.1 Å². The Morgan fingerprint density at radius 3 is 2.50 bits per heavy atom. The molecule has 2 rings (SSSR count). The van der Waals surface area contributed by atoms with E-state index in [1.165, 1.54) is 13.8 Å². The lowest BCUT2D eigenvalue weighted by atomic mass is 9.84. The molecule has 1 aromatic rings. The minimum atomic E-state index is -3.65. The number of rotatable bonds is 7. The van der Waals surface area contributed by atoms with Crippen LogP contribution < -0.4 is 5.32 Å². The lowest BCUT2D eigenvalue weighted by molar-refractivity contribution is -0.118. The van der Waals surface area contributed by atoms with E-state index in [1.807, 2.05) is 0 Å². The Morgan fingerprint density at radius 1 is 1.42 bits per heavy atom. The van der Waals surface area contributed by atoms with Gasteiger partial charge in [-0.15, -0.1) is 0 Å². The summed E-state index contributed by atoms with van der Waals surface area (Å²) in [4.78, 5) is 12.6. The van der Waals surface area contributed by atoms with Gasteiger partial charge in [0.15, 0.2) is 9.84 Å². The molecule has 1 aromatic heterocycles. The topological polar surface area (TPSA) is 110 Å². The quantitative estimate of drug-likeness (QED) is 0.743. The highest BCUT2D eigenvalue weighted by atomic mass is 32.2. The highest BCUT2D eigenvalue weighted by Gasteiger charge is 2.45. The van der Waals surface area contributed by atoms with E-state index in [1.54, 1.807) is 19.9 Å². The summed E-state index contributed by atoms with van der Waals surface area (Å²) >= 11 is 0. The Bertz CT molecular complexity index is 718. The molecule has 26 heavy (non-hydrogen) atoms. The molecule has 1 saturated carbocycles. The third kappa shape index (κ3) is 3.81. The molecule has 1 atom stereocenters. The van der Waals surface area contributed by atoms with Gasteiger partial charge >= 0.3 is 0 Å². The lowest BCUT2D eigenvalue weighted by Crippen LogP contribution is -2.48. The Labute approximate surface area is 156 Å². The number of sulfone groups is 1. The van der Waals surface area contributed by atoms with Crippen molar-refractivity contribution >= 4 is 21.6 Å². The van der Waals surface area contributed by atoms with Crippen molar-refractivity contribution in [3.8, 4) is 0 Å². The zero-order chi connectivity index (χ0) is 18.9. The van der Waals surface area contributed by atoms with Crippen LogP contribution in [0.15, 0.2) is 10.6 Å². The van der Waals surface area contributed by atoms with Crippen LogP contribution in [-0.2, 0) is 20.0 Å². The van der Waals surface area contributed by atoms with Gasteiger partial charge in [0.2, 0.25) is 11.8 Å². The van der Waals surface area contributed by atoms with Gasteiger partial charge in [0, 0.05) is 11.5 Å². The second kappa shape index (κ2) is 8.08. The third-order valence-electron chi connectivity index (χ3n) is 5.52. The van der Waals surface area contributed by atoms with E-state index in [4.69, 9.17) is 4.52 Å². The Morgan fingerprint density at radius 2 is 2.00 bits per heavy atom. The van der Waals surface area contributed by atoms with Crippen LogP contribution in [0.25, 0.3) is 0 Å². The van der Waals surface area contributed by atoms with Gasteiger partial charge in [0.25, 0.3) is 0 Å². The second-order valence-electron chi connectivity index (χ2n) is 7.45. The number of hydrogen-bond acceptors (Lipinski definition) is 6. The van der Waals surface area contributed by atoms with Crippen molar-refractivity contribution < 1.29 is 22.8 Å². The SMILES string of the molecule is C.CC[C@H](C)S(=O)(=O)C(C)(C)C(=O)Nc1cc(C2(CO)CCCC2)no1. The van der Waals surface area contributed by atoms with Crippen molar-refractivity contribution in [2.24, 2.45) is 0 Å². The highest BCUT2D eigenvalue weighted by Crippen LogP contribution is 2.40. The van der Waals surface area contributed by atoms with E-state index < -0.39 is 31.2 Å². The number of amides is 1. The maximum absolute atomic E-state index is 12.6. The summed E-state index contributed by atoms with van der Waals surface area (Å²) in [6.07, 6.45) is 4.09. The van der Waals surface area contributed by atoms with Gasteiger partial charge in [-0.25, -0.2) is 8.42 Å². The molecule has 0 saturated heterocycles. The molecule has 150 valence electrons. The Hall–Kier alpha value is -1.41. The summed E-state index contributed by atoms with van der Waals surface area (Å²) in [6.45, 7) is 6.14. The van der Waals surface area contributed by atoms with E-state index in [-0.39, 0.29) is 19.9 Å². The number of nitrogens with zero attached hydrogens (tertiary/aromatic N) is 1. The lowest BCUT2D eigenvalue weighted by Gasteiger charge is -2.26. The molecule has 1 amide bonds. The monoisotopic (exact) mass is 388 g/mol. The minimum absolute atomic E-state index is 0. The first-order valence-corrected chi connectivity index (χ1v) is 10.3. The zero-order valence-corrected chi connectivity index (χ0v) is 16.1. The average Bonchev–Trinajstić information content (AvgIpc) is 3.23. The standard InChI is InChI=1S/C17H28N2O5S.CH4/c1-5-12(2)25(22,23)16(3,4)15(21)18-14-10-13(19-24-14)17(11-20)8-6-7-9-17;/h10,12,20H,5-9,11H2,1-4H3,(H,18,21);1H4/t12-;/m0./s1. The zero-order valence-electron chi connectivity index (χ0n) is 15.3. The highest BCUT2D eigenvalue weighted by molar-refractivity contribution is 7.94. The van der Waals surface area contributed by atoms with Crippen molar-refractivity contribution in [1.82, 2.24) is 5.16 Å². The van der Waals surface area contributed by atoms with Gasteiger partial charge in [-0.1, -0.05) is 32.3 Å². The van der Waals surface area contributed by atoms with Crippen LogP contribution in [0.2, 0.25) is 0 Å². The van der Waals surface area contributed by atoms with Crippen LogP contribution >= 0.6 is 0 Å². The van der Waals surface area contributed by atoms with E-state index >= 15 is 0 Å². The van der Waals surface area contributed by atoms with Crippen molar-refractivity contribution in [3.05, 3.63) is 11.8 Å². The molecule has 1 aliphatic rings. The number of hydrogen-bond donors (Lipinski definition) is 2. The first-order chi connectivity index (χ1) is 11.6. The smallest absolute Gasteiger partial charge is 0.247 e. The van der Waals surface area contributed by atoms with Crippen LogP contribution in [-0.4, -0.2) is 41.2 Å². The van der Waals surface area contributed by atoms with Crippen LogP contribution in [0.1, 0.15) is 72.9 Å². The Kier molecular flexibility index (Phi) is 7.04. The normalized spacial score (nSPS) is 18.2. The number of aliphatic hydroxyl groups is 1. The average molecular weight is 389 g/mol. The molecule has 2 N–H and O–H groups in total. The fourth-order valence-electron chi connectivity index (χ4n) is 3.25. The molecule has 0 spiro atoms. The van der Waals surface area contributed by atoms with Crippen LogP contribution in [0.4, 0.5) is 5.88 Å². The second-order valence-corrected chi connectivity index (χ2v) is 10.4. The molecule has 0 unspecified atom stereocenters. The maximum Gasteiger partial charge on any atom is 0.247 e. The molecule has 1 heterocycles. The molecule has 0 aliphatic heterocycles.